The van der Waals surface area contributed by atoms with Crippen LogP contribution in [0.5, 0.6) is 5.75 Å². The van der Waals surface area contributed by atoms with E-state index in [1.54, 1.807) is 29.3 Å². The summed E-state index contributed by atoms with van der Waals surface area (Å²) in [5.41, 5.74) is 3.29. The van der Waals surface area contributed by atoms with E-state index >= 15 is 0 Å². The zero-order valence-corrected chi connectivity index (χ0v) is 21.5. The van der Waals surface area contributed by atoms with Crippen molar-refractivity contribution in [2.24, 2.45) is 0 Å². The molecule has 0 aliphatic heterocycles. The van der Waals surface area contributed by atoms with Gasteiger partial charge < -0.3 is 10.1 Å². The number of aromatic nitrogens is 2. The molecular weight excluding hydrogens is 490 g/mol. The number of thiophene rings is 1. The Balaban J connectivity index is 1.30. The van der Waals surface area contributed by atoms with Crippen molar-refractivity contribution in [3.8, 4) is 5.75 Å². The van der Waals surface area contributed by atoms with Crippen molar-refractivity contribution in [2.75, 3.05) is 7.11 Å². The Kier molecular flexibility index (Phi) is 6.25. The largest absolute Gasteiger partial charge is 0.496 e. The number of benzene rings is 3. The summed E-state index contributed by atoms with van der Waals surface area (Å²) in [6, 6.07) is 20.5. The molecule has 0 saturated heterocycles. The van der Waals surface area contributed by atoms with Crippen LogP contribution >= 0.6 is 22.9 Å². The van der Waals surface area contributed by atoms with Gasteiger partial charge >= 0.3 is 0 Å². The van der Waals surface area contributed by atoms with E-state index in [1.165, 1.54) is 10.4 Å². The third-order valence-electron chi connectivity index (χ3n) is 7.12. The number of methoxy groups -OCH3 is 1. The first-order valence-corrected chi connectivity index (χ1v) is 13.3. The molecule has 2 aromatic heterocycles. The van der Waals surface area contributed by atoms with Crippen LogP contribution in [0.25, 0.3) is 21.0 Å². The second-order valence-corrected chi connectivity index (χ2v) is 10.7. The Morgan fingerprint density at radius 2 is 1.97 bits per heavy atom. The van der Waals surface area contributed by atoms with Crippen LogP contribution in [-0.4, -0.2) is 22.7 Å². The number of nitrogens with one attached hydrogen (secondary N) is 1. The summed E-state index contributed by atoms with van der Waals surface area (Å²) in [5.74, 6) is 0.778. The number of fused-ring (bicyclic) bond motifs is 4. The zero-order chi connectivity index (χ0) is 24.6. The molecule has 7 heteroatoms. The molecule has 5 nitrogen and oxygen atoms in total. The van der Waals surface area contributed by atoms with E-state index < -0.39 is 0 Å². The van der Waals surface area contributed by atoms with E-state index in [2.05, 4.69) is 23.5 Å². The SMILES string of the molecule is COc1ccc2ccccc2c1Cn1cnc2sc3c(c2c1=O)CCC(NCc1ccccc1Cl)C3. The van der Waals surface area contributed by atoms with E-state index in [9.17, 15) is 4.79 Å². The summed E-state index contributed by atoms with van der Waals surface area (Å²) in [5, 5.41) is 7.43. The molecule has 1 unspecified atom stereocenters. The number of hydrogen-bond acceptors (Lipinski definition) is 5. The lowest BCUT2D eigenvalue weighted by Gasteiger charge is -2.23. The van der Waals surface area contributed by atoms with Crippen molar-refractivity contribution >= 4 is 43.9 Å². The Labute approximate surface area is 218 Å². The first-order valence-electron chi connectivity index (χ1n) is 12.1. The molecule has 0 radical (unpaired) electrons. The number of hydrogen-bond donors (Lipinski definition) is 1. The van der Waals surface area contributed by atoms with Crippen LogP contribution in [0.3, 0.4) is 0 Å². The predicted octanol–water partition coefficient (Wildman–Crippen LogP) is 5.97. The Bertz CT molecular complexity index is 1640. The molecule has 6 rings (SSSR count). The number of aryl methyl sites for hydroxylation is 1. The summed E-state index contributed by atoms with van der Waals surface area (Å²) in [6.07, 6.45) is 4.43. The van der Waals surface area contributed by atoms with E-state index in [1.807, 2.05) is 42.5 Å². The first-order chi connectivity index (χ1) is 17.6. The molecule has 182 valence electrons. The van der Waals surface area contributed by atoms with Gasteiger partial charge in [-0.15, -0.1) is 11.3 Å². The van der Waals surface area contributed by atoms with Crippen LogP contribution in [0.1, 0.15) is 28.0 Å². The Hall–Kier alpha value is -3.19. The fraction of sp³-hybridized carbons (Fsp3) is 0.241. The summed E-state index contributed by atoms with van der Waals surface area (Å²) in [7, 11) is 1.67. The molecule has 1 aliphatic rings. The lowest BCUT2D eigenvalue weighted by atomic mass is 9.93. The molecule has 1 aliphatic carbocycles. The number of rotatable bonds is 6. The van der Waals surface area contributed by atoms with E-state index in [0.29, 0.717) is 12.6 Å². The van der Waals surface area contributed by atoms with Crippen LogP contribution in [0, 0.1) is 0 Å². The lowest BCUT2D eigenvalue weighted by molar-refractivity contribution is 0.409. The van der Waals surface area contributed by atoms with Gasteiger partial charge in [-0.3, -0.25) is 9.36 Å². The molecule has 36 heavy (non-hydrogen) atoms. The maximum atomic E-state index is 13.7. The van der Waals surface area contributed by atoms with Gasteiger partial charge in [-0.25, -0.2) is 4.98 Å². The van der Waals surface area contributed by atoms with Crippen LogP contribution in [0.15, 0.2) is 71.8 Å². The third-order valence-corrected chi connectivity index (χ3v) is 8.65. The second-order valence-electron chi connectivity index (χ2n) is 9.24. The van der Waals surface area contributed by atoms with Crippen LogP contribution in [0.2, 0.25) is 5.02 Å². The third kappa shape index (κ3) is 4.19. The highest BCUT2D eigenvalue weighted by molar-refractivity contribution is 7.18. The Morgan fingerprint density at radius 3 is 2.83 bits per heavy atom. The minimum Gasteiger partial charge on any atom is -0.496 e. The highest BCUT2D eigenvalue weighted by Crippen LogP contribution is 2.34. The zero-order valence-electron chi connectivity index (χ0n) is 20.0. The van der Waals surface area contributed by atoms with E-state index in [-0.39, 0.29) is 5.56 Å². The number of halogens is 1. The van der Waals surface area contributed by atoms with E-state index in [4.69, 9.17) is 21.3 Å². The monoisotopic (exact) mass is 515 g/mol. The van der Waals surface area contributed by atoms with E-state index in [0.717, 1.165) is 68.7 Å². The molecule has 0 amide bonds. The van der Waals surface area contributed by atoms with Gasteiger partial charge in [-0.2, -0.15) is 0 Å². The lowest BCUT2D eigenvalue weighted by Crippen LogP contribution is -2.34. The predicted molar refractivity (Wildman–Crippen MR) is 148 cm³/mol. The topological polar surface area (TPSA) is 56.2 Å². The number of nitrogens with zero attached hydrogens (tertiary/aromatic N) is 2. The summed E-state index contributed by atoms with van der Waals surface area (Å²) < 4.78 is 7.38. The van der Waals surface area contributed by atoms with Crippen molar-refractivity contribution in [1.82, 2.24) is 14.9 Å². The second kappa shape index (κ2) is 9.69. The van der Waals surface area contributed by atoms with Crippen molar-refractivity contribution in [1.29, 1.82) is 0 Å². The fourth-order valence-corrected chi connectivity index (χ4v) is 6.68. The molecule has 1 N–H and O–H groups in total. The van der Waals surface area contributed by atoms with Crippen molar-refractivity contribution < 1.29 is 4.74 Å². The van der Waals surface area contributed by atoms with Gasteiger partial charge in [-0.1, -0.05) is 60.1 Å². The normalized spacial score (nSPS) is 15.3. The van der Waals surface area contributed by atoms with Crippen LogP contribution in [0.4, 0.5) is 0 Å². The average molecular weight is 516 g/mol. The molecule has 2 heterocycles. The highest BCUT2D eigenvalue weighted by Gasteiger charge is 2.25. The Morgan fingerprint density at radius 1 is 1.14 bits per heavy atom. The molecular formula is C29H26ClN3O2S. The maximum absolute atomic E-state index is 13.7. The molecule has 3 aromatic carbocycles. The van der Waals surface area contributed by atoms with Gasteiger partial charge in [0.15, 0.2) is 0 Å². The van der Waals surface area contributed by atoms with Crippen LogP contribution in [-0.2, 0) is 25.9 Å². The average Bonchev–Trinajstić information content (AvgIpc) is 3.28. The van der Waals surface area contributed by atoms with Gasteiger partial charge in [0.2, 0.25) is 0 Å². The molecule has 5 aromatic rings. The number of ether oxygens (including phenoxy) is 1. The molecule has 0 bridgehead atoms. The molecule has 0 saturated carbocycles. The van der Waals surface area contributed by atoms with Crippen molar-refractivity contribution in [3.63, 3.8) is 0 Å². The summed E-state index contributed by atoms with van der Waals surface area (Å²) >= 11 is 7.98. The quantitative estimate of drug-likeness (QED) is 0.303. The highest BCUT2D eigenvalue weighted by atomic mass is 35.5. The fourth-order valence-electron chi connectivity index (χ4n) is 5.22. The summed E-state index contributed by atoms with van der Waals surface area (Å²) in [4.78, 5) is 20.5. The summed E-state index contributed by atoms with van der Waals surface area (Å²) in [6.45, 7) is 1.15. The molecule has 1 atom stereocenters. The standard InChI is InChI=1S/C29H26ClN3O2S/c1-35-25-13-10-18-6-2-4-8-21(18)23(25)16-33-17-32-28-27(29(33)34)22-12-11-20(14-26(22)36-28)31-15-19-7-3-5-9-24(19)30/h2-10,13,17,20,31H,11-12,14-16H2,1H3. The van der Waals surface area contributed by atoms with Gasteiger partial charge in [0.25, 0.3) is 5.56 Å². The van der Waals surface area contributed by atoms with Crippen LogP contribution < -0.4 is 15.6 Å². The van der Waals surface area contributed by atoms with Crippen molar-refractivity contribution in [3.05, 3.63) is 104 Å². The molecule has 0 fully saturated rings. The van der Waals surface area contributed by atoms with Gasteiger partial charge in [0.05, 0.1) is 25.4 Å². The van der Waals surface area contributed by atoms with Gasteiger partial charge in [0.1, 0.15) is 10.6 Å². The maximum Gasteiger partial charge on any atom is 0.262 e. The van der Waals surface area contributed by atoms with Crippen molar-refractivity contribution in [2.45, 2.75) is 38.4 Å². The van der Waals surface area contributed by atoms with Gasteiger partial charge in [0, 0.05) is 28.0 Å². The minimum absolute atomic E-state index is 0.0231. The molecule has 0 spiro atoms. The first kappa shape index (κ1) is 23.2. The smallest absolute Gasteiger partial charge is 0.262 e. The minimum atomic E-state index is 0.0231. The van der Waals surface area contributed by atoms with Gasteiger partial charge in [-0.05, 0) is 53.3 Å².